The van der Waals surface area contributed by atoms with Crippen molar-refractivity contribution >= 4 is 23.1 Å². The Labute approximate surface area is 138 Å². The lowest BCUT2D eigenvalue weighted by atomic mass is 10.0. The first-order valence-electron chi connectivity index (χ1n) is 7.62. The highest BCUT2D eigenvalue weighted by atomic mass is 32.1. The first kappa shape index (κ1) is 16.9. The molecule has 2 rings (SSSR count). The summed E-state index contributed by atoms with van der Waals surface area (Å²) in [5, 5.41) is 0. The number of morpholine rings is 1. The van der Waals surface area contributed by atoms with E-state index in [0.717, 1.165) is 5.56 Å². The Balaban J connectivity index is 2.14. The van der Waals surface area contributed by atoms with Crippen LogP contribution in [0.3, 0.4) is 0 Å². The Morgan fingerprint density at radius 1 is 1.23 bits per heavy atom. The third-order valence-corrected chi connectivity index (χ3v) is 4.15. The van der Waals surface area contributed by atoms with Gasteiger partial charge in [-0.2, -0.15) is 0 Å². The number of benzene rings is 1. The molecule has 0 aliphatic carbocycles. The predicted molar refractivity (Wildman–Crippen MR) is 91.7 cm³/mol. The van der Waals surface area contributed by atoms with E-state index in [-0.39, 0.29) is 11.4 Å². The van der Waals surface area contributed by atoms with E-state index in [2.05, 4.69) is 0 Å². The fourth-order valence-electron chi connectivity index (χ4n) is 2.40. The van der Waals surface area contributed by atoms with Gasteiger partial charge in [-0.15, -0.1) is 0 Å². The SMILES string of the molecule is CC(C)(C)N(Cc1ccccc1)C(=O)C(=S)N1CCOCC1. The second-order valence-corrected chi connectivity index (χ2v) is 6.84. The van der Waals surface area contributed by atoms with E-state index in [0.29, 0.717) is 37.8 Å². The van der Waals surface area contributed by atoms with Gasteiger partial charge in [-0.3, -0.25) is 4.79 Å². The highest BCUT2D eigenvalue weighted by molar-refractivity contribution is 7.81. The minimum Gasteiger partial charge on any atom is -0.378 e. The molecule has 0 radical (unpaired) electrons. The number of hydrogen-bond donors (Lipinski definition) is 0. The van der Waals surface area contributed by atoms with Crippen molar-refractivity contribution in [3.05, 3.63) is 35.9 Å². The average molecular weight is 320 g/mol. The molecule has 1 fully saturated rings. The van der Waals surface area contributed by atoms with Gasteiger partial charge in [-0.1, -0.05) is 42.5 Å². The van der Waals surface area contributed by atoms with Crippen LogP contribution in [0.2, 0.25) is 0 Å². The molecule has 1 aliphatic heterocycles. The molecule has 1 heterocycles. The molecule has 0 N–H and O–H groups in total. The van der Waals surface area contributed by atoms with Crippen LogP contribution in [-0.4, -0.2) is 52.5 Å². The summed E-state index contributed by atoms with van der Waals surface area (Å²) in [6.07, 6.45) is 0. The number of thiocarbonyl (C=S) groups is 1. The maximum atomic E-state index is 12.9. The Hall–Kier alpha value is -1.46. The van der Waals surface area contributed by atoms with E-state index in [1.807, 2.05) is 60.9 Å². The number of carbonyl (C=O) groups excluding carboxylic acids is 1. The minimum atomic E-state index is -0.288. The molecular formula is C17H24N2O2S. The van der Waals surface area contributed by atoms with Gasteiger partial charge >= 0.3 is 0 Å². The van der Waals surface area contributed by atoms with Crippen LogP contribution in [0.15, 0.2) is 30.3 Å². The fraction of sp³-hybridized carbons (Fsp3) is 0.529. The number of nitrogens with zero attached hydrogens (tertiary/aromatic N) is 2. The number of amides is 1. The molecule has 1 amide bonds. The van der Waals surface area contributed by atoms with Crippen LogP contribution >= 0.6 is 12.2 Å². The number of rotatable bonds is 2. The van der Waals surface area contributed by atoms with Crippen LogP contribution in [0.25, 0.3) is 0 Å². The molecule has 1 aromatic rings. The Kier molecular flexibility index (Phi) is 5.53. The van der Waals surface area contributed by atoms with Crippen LogP contribution < -0.4 is 0 Å². The molecule has 1 saturated heterocycles. The normalized spacial score (nSPS) is 15.5. The van der Waals surface area contributed by atoms with Gasteiger partial charge in [0.25, 0.3) is 5.91 Å². The molecule has 22 heavy (non-hydrogen) atoms. The molecule has 1 aliphatic rings. The second kappa shape index (κ2) is 7.20. The van der Waals surface area contributed by atoms with Crippen LogP contribution in [0.1, 0.15) is 26.3 Å². The average Bonchev–Trinajstić information content (AvgIpc) is 2.52. The summed E-state index contributed by atoms with van der Waals surface area (Å²) < 4.78 is 5.33. The maximum Gasteiger partial charge on any atom is 0.282 e. The zero-order valence-corrected chi connectivity index (χ0v) is 14.4. The monoisotopic (exact) mass is 320 g/mol. The van der Waals surface area contributed by atoms with Gasteiger partial charge in [0.15, 0.2) is 4.99 Å². The topological polar surface area (TPSA) is 32.8 Å². The summed E-state index contributed by atoms with van der Waals surface area (Å²) in [5.41, 5.74) is 0.819. The van der Waals surface area contributed by atoms with Gasteiger partial charge < -0.3 is 14.5 Å². The third-order valence-electron chi connectivity index (χ3n) is 3.72. The second-order valence-electron chi connectivity index (χ2n) is 6.45. The lowest BCUT2D eigenvalue weighted by molar-refractivity contribution is -0.130. The van der Waals surface area contributed by atoms with Crippen LogP contribution in [0.5, 0.6) is 0 Å². The standard InChI is InChI=1S/C17H24N2O2S/c1-17(2,3)19(13-14-7-5-4-6-8-14)15(20)16(22)18-9-11-21-12-10-18/h4-8H,9-13H2,1-3H3. The Morgan fingerprint density at radius 3 is 2.36 bits per heavy atom. The molecule has 0 atom stereocenters. The molecule has 0 bridgehead atoms. The molecule has 0 saturated carbocycles. The van der Waals surface area contributed by atoms with Gasteiger partial charge in [0, 0.05) is 25.2 Å². The number of hydrogen-bond acceptors (Lipinski definition) is 3. The van der Waals surface area contributed by atoms with Gasteiger partial charge in [-0.05, 0) is 26.3 Å². The largest absolute Gasteiger partial charge is 0.378 e. The molecule has 0 spiro atoms. The predicted octanol–water partition coefficient (Wildman–Crippen LogP) is 2.47. The molecule has 0 unspecified atom stereocenters. The number of ether oxygens (including phenoxy) is 1. The molecular weight excluding hydrogens is 296 g/mol. The van der Waals surface area contributed by atoms with Crippen LogP contribution in [0, 0.1) is 0 Å². The van der Waals surface area contributed by atoms with Crippen molar-refractivity contribution in [1.82, 2.24) is 9.80 Å². The van der Waals surface area contributed by atoms with Crippen molar-refractivity contribution in [3.63, 3.8) is 0 Å². The van der Waals surface area contributed by atoms with Crippen LogP contribution in [-0.2, 0) is 16.1 Å². The van der Waals surface area contributed by atoms with Gasteiger partial charge in [-0.25, -0.2) is 0 Å². The van der Waals surface area contributed by atoms with Crippen LogP contribution in [0.4, 0.5) is 0 Å². The molecule has 5 heteroatoms. The van der Waals surface area contributed by atoms with Crippen molar-refractivity contribution in [3.8, 4) is 0 Å². The highest BCUT2D eigenvalue weighted by Gasteiger charge is 2.31. The zero-order valence-electron chi connectivity index (χ0n) is 13.5. The first-order valence-corrected chi connectivity index (χ1v) is 8.03. The molecule has 120 valence electrons. The van der Waals surface area contributed by atoms with Crippen molar-refractivity contribution in [2.45, 2.75) is 32.9 Å². The fourth-order valence-corrected chi connectivity index (χ4v) is 2.69. The zero-order chi connectivity index (χ0) is 16.2. The minimum absolute atomic E-state index is 0.0757. The van der Waals surface area contributed by atoms with E-state index in [1.54, 1.807) is 0 Å². The Morgan fingerprint density at radius 2 is 1.82 bits per heavy atom. The van der Waals surface area contributed by atoms with E-state index in [9.17, 15) is 4.79 Å². The van der Waals surface area contributed by atoms with Crippen molar-refractivity contribution in [1.29, 1.82) is 0 Å². The van der Waals surface area contributed by atoms with E-state index >= 15 is 0 Å². The first-order chi connectivity index (χ1) is 10.4. The summed E-state index contributed by atoms with van der Waals surface area (Å²) in [7, 11) is 0. The summed E-state index contributed by atoms with van der Waals surface area (Å²) in [6.45, 7) is 9.31. The van der Waals surface area contributed by atoms with E-state index in [4.69, 9.17) is 17.0 Å². The summed E-state index contributed by atoms with van der Waals surface area (Å²) in [5.74, 6) is -0.0757. The van der Waals surface area contributed by atoms with E-state index < -0.39 is 0 Å². The summed E-state index contributed by atoms with van der Waals surface area (Å²) in [6, 6.07) is 10.0. The van der Waals surface area contributed by atoms with Crippen molar-refractivity contribution in [2.75, 3.05) is 26.3 Å². The van der Waals surface area contributed by atoms with Gasteiger partial charge in [0.1, 0.15) is 0 Å². The Bertz CT molecular complexity index is 519. The molecule has 1 aromatic carbocycles. The third kappa shape index (κ3) is 4.27. The molecule has 4 nitrogen and oxygen atoms in total. The van der Waals surface area contributed by atoms with Gasteiger partial charge in [0.2, 0.25) is 0 Å². The molecule has 0 aromatic heterocycles. The van der Waals surface area contributed by atoms with Gasteiger partial charge in [0.05, 0.1) is 13.2 Å². The summed E-state index contributed by atoms with van der Waals surface area (Å²) in [4.78, 5) is 17.1. The maximum absolute atomic E-state index is 12.9. The lowest BCUT2D eigenvalue weighted by Crippen LogP contribution is -2.53. The smallest absolute Gasteiger partial charge is 0.282 e. The number of carbonyl (C=O) groups is 1. The van der Waals surface area contributed by atoms with Crippen molar-refractivity contribution in [2.24, 2.45) is 0 Å². The quantitative estimate of drug-likeness (QED) is 0.784. The van der Waals surface area contributed by atoms with E-state index in [1.165, 1.54) is 0 Å². The highest BCUT2D eigenvalue weighted by Crippen LogP contribution is 2.19. The van der Waals surface area contributed by atoms with Crippen molar-refractivity contribution < 1.29 is 9.53 Å². The lowest BCUT2D eigenvalue weighted by Gasteiger charge is -2.38. The summed E-state index contributed by atoms with van der Waals surface area (Å²) >= 11 is 5.44.